The number of nitrogens with two attached hydrogens (primary N) is 1. The van der Waals surface area contributed by atoms with Gasteiger partial charge in [-0.15, -0.1) is 0 Å². The Labute approximate surface area is 194 Å². The van der Waals surface area contributed by atoms with E-state index < -0.39 is 89.6 Å². The molecule has 36 heavy (non-hydrogen) atoms. The first-order chi connectivity index (χ1) is 16.2. The molecule has 3 rings (SSSR count). The number of benzene rings is 1. The van der Waals surface area contributed by atoms with Gasteiger partial charge in [0.15, 0.2) is 5.69 Å². The van der Waals surface area contributed by atoms with Crippen LogP contribution >= 0.6 is 0 Å². The lowest BCUT2D eigenvalue weighted by atomic mass is 9.77. The van der Waals surface area contributed by atoms with Crippen molar-refractivity contribution in [3.63, 3.8) is 0 Å². The van der Waals surface area contributed by atoms with E-state index in [9.17, 15) is 57.8 Å². The number of pyridine rings is 1. The van der Waals surface area contributed by atoms with Crippen molar-refractivity contribution in [1.29, 1.82) is 0 Å². The van der Waals surface area contributed by atoms with Crippen LogP contribution in [-0.2, 0) is 30.5 Å². The summed E-state index contributed by atoms with van der Waals surface area (Å²) in [5.74, 6) is -0.832. The Morgan fingerprint density at radius 1 is 0.861 bits per heavy atom. The number of aliphatic hydroxyl groups is 1. The summed E-state index contributed by atoms with van der Waals surface area (Å²) in [6.07, 6.45) is -25.3. The smallest absolute Gasteiger partial charge is 0.374 e. The monoisotopic (exact) mass is 541 g/mol. The average Bonchev–Trinajstić information content (AvgIpc) is 3.09. The van der Waals surface area contributed by atoms with Crippen molar-refractivity contribution in [2.45, 2.75) is 49.3 Å². The van der Waals surface area contributed by atoms with Gasteiger partial charge in [-0.1, -0.05) is 6.07 Å². The molecule has 1 aromatic carbocycles. The molecule has 2 unspecified atom stereocenters. The number of rotatable bonds is 3. The lowest BCUT2D eigenvalue weighted by molar-refractivity contribution is -0.187. The van der Waals surface area contributed by atoms with Crippen LogP contribution in [0, 0.1) is 0 Å². The van der Waals surface area contributed by atoms with Crippen molar-refractivity contribution in [3.05, 3.63) is 58.3 Å². The van der Waals surface area contributed by atoms with Gasteiger partial charge in [0.1, 0.15) is 17.5 Å². The first-order valence-corrected chi connectivity index (χ1v) is 9.79. The number of nitrogens with zero attached hydrogens (tertiary/aromatic N) is 2. The molecule has 3 N–H and O–H groups in total. The average molecular weight is 541 g/mol. The predicted octanol–water partition coefficient (Wildman–Crippen LogP) is 5.63. The minimum absolute atomic E-state index is 0.120. The fourth-order valence-corrected chi connectivity index (χ4v) is 3.97. The van der Waals surface area contributed by atoms with E-state index in [-0.39, 0.29) is 18.2 Å². The van der Waals surface area contributed by atoms with Crippen LogP contribution in [0.4, 0.5) is 58.5 Å². The molecule has 1 aliphatic heterocycles. The molecule has 0 saturated carbocycles. The van der Waals surface area contributed by atoms with Crippen molar-refractivity contribution in [2.75, 3.05) is 11.4 Å². The third-order valence-electron chi connectivity index (χ3n) is 5.76. The Morgan fingerprint density at radius 2 is 1.39 bits per heavy atom. The van der Waals surface area contributed by atoms with E-state index >= 15 is 0 Å². The maximum Gasteiger partial charge on any atom is 0.433 e. The summed E-state index contributed by atoms with van der Waals surface area (Å²) in [4.78, 5) is 3.57. The van der Waals surface area contributed by atoms with Gasteiger partial charge in [-0.05, 0) is 35.4 Å². The Kier molecular flexibility index (Phi) is 6.71. The van der Waals surface area contributed by atoms with Gasteiger partial charge in [0, 0.05) is 19.5 Å². The highest BCUT2D eigenvalue weighted by Gasteiger charge is 2.62. The van der Waals surface area contributed by atoms with Gasteiger partial charge in [-0.25, -0.2) is 4.98 Å². The van der Waals surface area contributed by atoms with E-state index in [1.807, 2.05) is 0 Å². The van der Waals surface area contributed by atoms with Crippen LogP contribution < -0.4 is 10.6 Å². The van der Waals surface area contributed by atoms with Crippen LogP contribution in [0.15, 0.2) is 30.3 Å². The fraction of sp³-hybridized carbons (Fsp3) is 0.450. The third-order valence-corrected chi connectivity index (χ3v) is 5.76. The van der Waals surface area contributed by atoms with Crippen LogP contribution in [-0.4, -0.2) is 29.0 Å². The number of halogens is 12. The summed E-state index contributed by atoms with van der Waals surface area (Å²) in [6.45, 7) is -2.16. The highest BCUT2D eigenvalue weighted by molar-refractivity contribution is 5.49. The molecule has 0 aliphatic carbocycles. The third kappa shape index (κ3) is 5.05. The number of hydrogen-bond donors (Lipinski definition) is 2. The second kappa shape index (κ2) is 8.68. The van der Waals surface area contributed by atoms with E-state index in [4.69, 9.17) is 5.73 Å². The van der Waals surface area contributed by atoms with Gasteiger partial charge in [-0.2, -0.15) is 52.7 Å². The maximum absolute atomic E-state index is 14.3. The maximum atomic E-state index is 14.3. The van der Waals surface area contributed by atoms with Crippen molar-refractivity contribution in [2.24, 2.45) is 5.73 Å². The zero-order valence-corrected chi connectivity index (χ0v) is 17.5. The van der Waals surface area contributed by atoms with Crippen molar-refractivity contribution in [3.8, 4) is 0 Å². The molecule has 0 spiro atoms. The lowest BCUT2D eigenvalue weighted by Gasteiger charge is -2.33. The fourth-order valence-electron chi connectivity index (χ4n) is 3.97. The molecular formula is C20H15F12N3O. The van der Waals surface area contributed by atoms with Crippen molar-refractivity contribution >= 4 is 5.82 Å². The predicted molar refractivity (Wildman–Crippen MR) is 99.3 cm³/mol. The molecule has 2 aromatic rings. The molecule has 0 bridgehead atoms. The second-order valence-corrected chi connectivity index (χ2v) is 8.07. The summed E-state index contributed by atoms with van der Waals surface area (Å²) < 4.78 is 162. The number of hydrogen-bond acceptors (Lipinski definition) is 4. The van der Waals surface area contributed by atoms with Crippen LogP contribution in [0.1, 0.15) is 34.4 Å². The molecule has 4 nitrogen and oxygen atoms in total. The molecule has 2 heterocycles. The van der Waals surface area contributed by atoms with E-state index in [1.165, 1.54) is 0 Å². The van der Waals surface area contributed by atoms with Gasteiger partial charge in [0.05, 0.1) is 11.1 Å². The molecule has 16 heteroatoms. The normalized spacial score (nSPS) is 21.8. The van der Waals surface area contributed by atoms with Crippen LogP contribution in [0.25, 0.3) is 0 Å². The first kappa shape index (κ1) is 27.8. The number of aromatic nitrogens is 1. The lowest BCUT2D eigenvalue weighted by Crippen LogP contribution is -2.45. The minimum Gasteiger partial charge on any atom is -0.374 e. The molecule has 2 atom stereocenters. The molecule has 0 amide bonds. The molecule has 1 saturated heterocycles. The number of anilines is 1. The van der Waals surface area contributed by atoms with Gasteiger partial charge in [-0.3, -0.25) is 0 Å². The zero-order chi connectivity index (χ0) is 27.5. The first-order valence-electron chi connectivity index (χ1n) is 9.79. The summed E-state index contributed by atoms with van der Waals surface area (Å²) in [5, 5.41) is 10.3. The zero-order valence-electron chi connectivity index (χ0n) is 17.5. The quantitative estimate of drug-likeness (QED) is 0.495. The summed E-state index contributed by atoms with van der Waals surface area (Å²) in [7, 11) is 0. The SMILES string of the molecule is NCc1ccc(N2CC(c3cc(C(F)(F)F)cc(C(F)(F)F)c3)(C(F)(F)F)CC2O)nc1C(F)(F)F. The van der Waals surface area contributed by atoms with Gasteiger partial charge >= 0.3 is 24.7 Å². The standard InChI is InChI=1S/C20H15F12N3O/c21-17(22,23)11-3-10(4-12(5-11)18(24,25)26)16(20(30,31)32)6-14(36)35(8-16)13-2-1-9(7-33)15(34-13)19(27,28)29/h1-5,14,36H,6-8,33H2. The summed E-state index contributed by atoms with van der Waals surface area (Å²) >= 11 is 0. The Morgan fingerprint density at radius 3 is 1.81 bits per heavy atom. The summed E-state index contributed by atoms with van der Waals surface area (Å²) in [6, 6.07) is 0.993. The van der Waals surface area contributed by atoms with Crippen molar-refractivity contribution < 1.29 is 57.8 Å². The van der Waals surface area contributed by atoms with Crippen LogP contribution in [0.2, 0.25) is 0 Å². The number of aliphatic hydroxyl groups excluding tert-OH is 1. The Bertz CT molecular complexity index is 1090. The van der Waals surface area contributed by atoms with E-state index in [1.54, 1.807) is 0 Å². The molecule has 1 fully saturated rings. The van der Waals surface area contributed by atoms with Crippen molar-refractivity contribution in [1.82, 2.24) is 4.98 Å². The molecule has 200 valence electrons. The van der Waals surface area contributed by atoms with E-state index in [2.05, 4.69) is 4.98 Å². The number of alkyl halides is 12. The topological polar surface area (TPSA) is 62.4 Å². The van der Waals surface area contributed by atoms with Crippen LogP contribution in [0.3, 0.4) is 0 Å². The molecule has 1 aliphatic rings. The second-order valence-electron chi connectivity index (χ2n) is 8.07. The van der Waals surface area contributed by atoms with Gasteiger partial charge in [0.2, 0.25) is 0 Å². The molecule has 1 aromatic heterocycles. The highest BCUT2D eigenvalue weighted by atomic mass is 19.4. The summed E-state index contributed by atoms with van der Waals surface area (Å²) in [5.41, 5.74) is -5.90. The van der Waals surface area contributed by atoms with E-state index in [0.717, 1.165) is 12.1 Å². The van der Waals surface area contributed by atoms with E-state index in [0.29, 0.717) is 4.90 Å². The Hall–Kier alpha value is -2.75. The largest absolute Gasteiger partial charge is 0.433 e. The van der Waals surface area contributed by atoms with Crippen LogP contribution in [0.5, 0.6) is 0 Å². The minimum atomic E-state index is -5.53. The van der Waals surface area contributed by atoms with Gasteiger partial charge in [0.25, 0.3) is 0 Å². The van der Waals surface area contributed by atoms with Gasteiger partial charge < -0.3 is 15.7 Å². The molecular weight excluding hydrogens is 526 g/mol. The Balaban J connectivity index is 2.21. The highest BCUT2D eigenvalue weighted by Crippen LogP contribution is 2.52. The molecule has 0 radical (unpaired) electrons.